The molecule has 22 heavy (non-hydrogen) atoms. The van der Waals surface area contributed by atoms with Gasteiger partial charge in [0.2, 0.25) is 0 Å². The lowest BCUT2D eigenvalue weighted by atomic mass is 9.85. The summed E-state index contributed by atoms with van der Waals surface area (Å²) >= 11 is 0. The Kier molecular flexibility index (Phi) is 3.55. The summed E-state index contributed by atoms with van der Waals surface area (Å²) in [6.07, 6.45) is 4.96. The van der Waals surface area contributed by atoms with Crippen molar-refractivity contribution < 1.29 is 4.84 Å². The number of rotatable bonds is 4. The fourth-order valence-corrected chi connectivity index (χ4v) is 4.15. The van der Waals surface area contributed by atoms with Gasteiger partial charge in [0, 0.05) is 17.8 Å². The van der Waals surface area contributed by atoms with E-state index in [9.17, 15) is 0 Å². The second kappa shape index (κ2) is 5.56. The zero-order valence-electron chi connectivity index (χ0n) is 13.4. The molecule has 0 N–H and O–H groups in total. The van der Waals surface area contributed by atoms with Crippen LogP contribution in [0, 0.1) is 5.92 Å². The van der Waals surface area contributed by atoms with Crippen LogP contribution in [0.2, 0.25) is 0 Å². The quantitative estimate of drug-likeness (QED) is 0.835. The minimum Gasteiger partial charge on any atom is -0.347 e. The van der Waals surface area contributed by atoms with E-state index in [-0.39, 0.29) is 6.04 Å². The normalized spacial score (nSPS) is 28.5. The maximum atomic E-state index is 6.42. The molecule has 116 valence electrons. The second-order valence-electron chi connectivity index (χ2n) is 6.57. The van der Waals surface area contributed by atoms with Crippen molar-refractivity contribution in [3.05, 3.63) is 59.9 Å². The van der Waals surface area contributed by atoms with E-state index in [0.717, 1.165) is 6.54 Å². The maximum absolute atomic E-state index is 6.42. The van der Waals surface area contributed by atoms with Gasteiger partial charge >= 0.3 is 0 Å². The molecule has 3 nitrogen and oxygen atoms in total. The Hall–Kier alpha value is -1.58. The topological polar surface area (TPSA) is 17.4 Å². The summed E-state index contributed by atoms with van der Waals surface area (Å²) in [5, 5.41) is 2.26. The van der Waals surface area contributed by atoms with Gasteiger partial charge in [-0.1, -0.05) is 43.7 Å². The summed E-state index contributed by atoms with van der Waals surface area (Å²) in [6.45, 7) is 5.52. The van der Waals surface area contributed by atoms with Crippen LogP contribution in [0.4, 0.5) is 0 Å². The van der Waals surface area contributed by atoms with Crippen LogP contribution >= 0.6 is 0 Å². The number of hydrogen-bond donors (Lipinski definition) is 0. The van der Waals surface area contributed by atoms with Crippen LogP contribution in [0.1, 0.15) is 50.0 Å². The van der Waals surface area contributed by atoms with Crippen LogP contribution in [0.25, 0.3) is 0 Å². The second-order valence-corrected chi connectivity index (χ2v) is 6.57. The van der Waals surface area contributed by atoms with Gasteiger partial charge in [-0.2, -0.15) is 5.06 Å². The van der Waals surface area contributed by atoms with Crippen molar-refractivity contribution in [2.24, 2.45) is 5.92 Å². The summed E-state index contributed by atoms with van der Waals surface area (Å²) in [7, 11) is 0. The molecule has 3 heteroatoms. The molecule has 0 amide bonds. The smallest absolute Gasteiger partial charge is 0.102 e. The molecule has 4 rings (SSSR count). The van der Waals surface area contributed by atoms with E-state index in [1.54, 1.807) is 0 Å². The molecule has 4 atom stereocenters. The maximum Gasteiger partial charge on any atom is 0.102 e. The Morgan fingerprint density at radius 2 is 2.00 bits per heavy atom. The monoisotopic (exact) mass is 296 g/mol. The van der Waals surface area contributed by atoms with Crippen molar-refractivity contribution in [3.63, 3.8) is 0 Å². The van der Waals surface area contributed by atoms with E-state index in [2.05, 4.69) is 72.1 Å². The molecule has 0 saturated carbocycles. The minimum atomic E-state index is 0.275. The Bertz CT molecular complexity index is 636. The van der Waals surface area contributed by atoms with Crippen LogP contribution in [0.5, 0.6) is 0 Å². The molecule has 2 aliphatic rings. The third-order valence-electron chi connectivity index (χ3n) is 5.24. The van der Waals surface area contributed by atoms with Gasteiger partial charge in [0.1, 0.15) is 6.10 Å². The molecule has 1 aromatic heterocycles. The zero-order chi connectivity index (χ0) is 15.1. The predicted octanol–water partition coefficient (Wildman–Crippen LogP) is 4.34. The Balaban J connectivity index is 1.70. The molecule has 2 bridgehead atoms. The van der Waals surface area contributed by atoms with Gasteiger partial charge in [-0.25, -0.2) is 0 Å². The summed E-state index contributed by atoms with van der Waals surface area (Å²) < 4.78 is 2.37. The van der Waals surface area contributed by atoms with E-state index in [0.29, 0.717) is 18.1 Å². The molecular formula is C19H24N2O. The first-order valence-electron chi connectivity index (χ1n) is 8.44. The van der Waals surface area contributed by atoms with Gasteiger partial charge in [-0.15, -0.1) is 0 Å². The summed E-state index contributed by atoms with van der Waals surface area (Å²) in [5.41, 5.74) is 2.73. The fraction of sp³-hybridized carbons (Fsp3) is 0.474. The third kappa shape index (κ3) is 2.11. The van der Waals surface area contributed by atoms with E-state index < -0.39 is 0 Å². The van der Waals surface area contributed by atoms with Crippen LogP contribution in [-0.2, 0) is 11.4 Å². The molecule has 0 aliphatic carbocycles. The Morgan fingerprint density at radius 1 is 1.18 bits per heavy atom. The number of benzene rings is 1. The SMILES string of the molecule is CCC[C@@H]1[C@@H]2Cn3cccc3[C@H]1N([C@H](C)c1ccccc1)O2. The van der Waals surface area contributed by atoms with Gasteiger partial charge in [-0.05, 0) is 31.0 Å². The van der Waals surface area contributed by atoms with E-state index in [1.807, 2.05) is 0 Å². The summed E-state index contributed by atoms with van der Waals surface area (Å²) in [6, 6.07) is 15.8. The van der Waals surface area contributed by atoms with E-state index in [4.69, 9.17) is 4.84 Å². The number of hydroxylamine groups is 2. The van der Waals surface area contributed by atoms with Gasteiger partial charge < -0.3 is 4.57 Å². The lowest BCUT2D eigenvalue weighted by molar-refractivity contribution is -0.186. The average molecular weight is 296 g/mol. The molecule has 3 heterocycles. The largest absolute Gasteiger partial charge is 0.347 e. The molecule has 0 radical (unpaired) electrons. The van der Waals surface area contributed by atoms with Crippen LogP contribution in [0.15, 0.2) is 48.7 Å². The van der Waals surface area contributed by atoms with Crippen molar-refractivity contribution in [1.82, 2.24) is 9.63 Å². The molecule has 2 aromatic rings. The molecule has 0 spiro atoms. The predicted molar refractivity (Wildman–Crippen MR) is 87.1 cm³/mol. The first kappa shape index (κ1) is 14.0. The fourth-order valence-electron chi connectivity index (χ4n) is 4.15. The van der Waals surface area contributed by atoms with Crippen molar-refractivity contribution >= 4 is 0 Å². The first-order chi connectivity index (χ1) is 10.8. The highest BCUT2D eigenvalue weighted by molar-refractivity contribution is 5.22. The van der Waals surface area contributed by atoms with Crippen LogP contribution in [0.3, 0.4) is 0 Å². The van der Waals surface area contributed by atoms with E-state index in [1.165, 1.54) is 24.1 Å². The van der Waals surface area contributed by atoms with Gasteiger partial charge in [0.05, 0.1) is 18.6 Å². The Labute approximate surface area is 132 Å². The van der Waals surface area contributed by atoms with Crippen molar-refractivity contribution in [2.75, 3.05) is 0 Å². The molecule has 1 saturated heterocycles. The van der Waals surface area contributed by atoms with Gasteiger partial charge in [0.15, 0.2) is 0 Å². The van der Waals surface area contributed by atoms with Crippen molar-refractivity contribution in [3.8, 4) is 0 Å². The summed E-state index contributed by atoms with van der Waals surface area (Å²) in [5.74, 6) is 0.610. The molecule has 2 aliphatic heterocycles. The number of aromatic nitrogens is 1. The molecule has 1 fully saturated rings. The lowest BCUT2D eigenvalue weighted by Gasteiger charge is -2.32. The first-order valence-corrected chi connectivity index (χ1v) is 8.44. The van der Waals surface area contributed by atoms with Crippen molar-refractivity contribution in [2.45, 2.75) is 51.4 Å². The number of fused-ring (bicyclic) bond motifs is 4. The van der Waals surface area contributed by atoms with E-state index >= 15 is 0 Å². The zero-order valence-corrected chi connectivity index (χ0v) is 13.4. The van der Waals surface area contributed by atoms with Crippen molar-refractivity contribution in [1.29, 1.82) is 0 Å². The third-order valence-corrected chi connectivity index (χ3v) is 5.24. The number of hydrogen-bond acceptors (Lipinski definition) is 2. The van der Waals surface area contributed by atoms with Gasteiger partial charge in [-0.3, -0.25) is 4.84 Å². The highest BCUT2D eigenvalue weighted by atomic mass is 16.7. The van der Waals surface area contributed by atoms with Crippen LogP contribution < -0.4 is 0 Å². The molecular weight excluding hydrogens is 272 g/mol. The lowest BCUT2D eigenvalue weighted by Crippen LogP contribution is -2.32. The average Bonchev–Trinajstić information content (AvgIpc) is 3.11. The highest BCUT2D eigenvalue weighted by Gasteiger charge is 2.49. The molecule has 1 aromatic carbocycles. The standard InChI is InChI=1S/C19H24N2O/c1-3-8-16-18-13-20-12-7-11-17(20)19(16)21(22-18)14(2)15-9-5-4-6-10-15/h4-7,9-12,14,16,18-19H,3,8,13H2,1-2H3/t14-,16-,18+,19+/m1/s1. The highest BCUT2D eigenvalue weighted by Crippen LogP contribution is 2.49. The minimum absolute atomic E-state index is 0.275. The Morgan fingerprint density at radius 3 is 2.77 bits per heavy atom. The summed E-state index contributed by atoms with van der Waals surface area (Å²) in [4.78, 5) is 6.42. The van der Waals surface area contributed by atoms with Gasteiger partial charge in [0.25, 0.3) is 0 Å². The molecule has 0 unspecified atom stereocenters. The van der Waals surface area contributed by atoms with Crippen LogP contribution in [-0.4, -0.2) is 15.7 Å². The number of nitrogens with zero attached hydrogens (tertiary/aromatic N) is 2.